The number of benzene rings is 2. The fourth-order valence-corrected chi connectivity index (χ4v) is 3.22. The summed E-state index contributed by atoms with van der Waals surface area (Å²) in [4.78, 5) is 26.7. The number of anilines is 1. The van der Waals surface area contributed by atoms with Crippen molar-refractivity contribution in [1.82, 2.24) is 4.90 Å². The summed E-state index contributed by atoms with van der Waals surface area (Å²) >= 11 is 0. The third-order valence-corrected chi connectivity index (χ3v) is 4.63. The topological polar surface area (TPSA) is 58.6 Å². The average Bonchev–Trinajstić information content (AvgIpc) is 2.66. The highest BCUT2D eigenvalue weighted by atomic mass is 16.5. The SMILES string of the molecule is COc1ccccc1C(=O)Nc1ccc2c(c1)CN(C(=O)C(C)C)CC2. The second kappa shape index (κ2) is 7.60. The molecule has 0 saturated carbocycles. The Morgan fingerprint density at radius 2 is 1.88 bits per heavy atom. The van der Waals surface area contributed by atoms with Gasteiger partial charge in [0.1, 0.15) is 5.75 Å². The number of carbonyl (C=O) groups excluding carboxylic acids is 2. The Balaban J connectivity index is 1.78. The molecule has 0 saturated heterocycles. The van der Waals surface area contributed by atoms with Crippen LogP contribution < -0.4 is 10.1 Å². The van der Waals surface area contributed by atoms with Gasteiger partial charge in [-0.05, 0) is 41.8 Å². The first-order chi connectivity index (χ1) is 12.5. The largest absolute Gasteiger partial charge is 0.496 e. The highest BCUT2D eigenvalue weighted by molar-refractivity contribution is 6.06. The number of rotatable bonds is 4. The van der Waals surface area contributed by atoms with Crippen LogP contribution in [0.25, 0.3) is 0 Å². The summed E-state index contributed by atoms with van der Waals surface area (Å²) in [6, 6.07) is 13.0. The van der Waals surface area contributed by atoms with E-state index in [-0.39, 0.29) is 17.7 Å². The molecule has 26 heavy (non-hydrogen) atoms. The maximum absolute atomic E-state index is 12.6. The molecule has 5 heteroatoms. The summed E-state index contributed by atoms with van der Waals surface area (Å²) in [6.45, 7) is 5.17. The van der Waals surface area contributed by atoms with E-state index in [9.17, 15) is 9.59 Å². The van der Waals surface area contributed by atoms with Crippen LogP contribution in [0.4, 0.5) is 5.69 Å². The van der Waals surface area contributed by atoms with E-state index in [0.717, 1.165) is 24.2 Å². The van der Waals surface area contributed by atoms with Gasteiger partial charge in [0, 0.05) is 24.7 Å². The molecular formula is C21H24N2O3. The minimum Gasteiger partial charge on any atom is -0.496 e. The third kappa shape index (κ3) is 3.72. The highest BCUT2D eigenvalue weighted by Crippen LogP contribution is 2.25. The summed E-state index contributed by atoms with van der Waals surface area (Å²) < 4.78 is 5.25. The van der Waals surface area contributed by atoms with Gasteiger partial charge >= 0.3 is 0 Å². The zero-order chi connectivity index (χ0) is 18.7. The van der Waals surface area contributed by atoms with E-state index in [1.807, 2.05) is 43.0 Å². The number of ether oxygens (including phenoxy) is 1. The van der Waals surface area contributed by atoms with E-state index < -0.39 is 0 Å². The minimum absolute atomic E-state index is 0.00928. The average molecular weight is 352 g/mol. The summed E-state index contributed by atoms with van der Waals surface area (Å²) in [5.41, 5.74) is 3.53. The van der Waals surface area contributed by atoms with Crippen LogP contribution in [0.3, 0.4) is 0 Å². The van der Waals surface area contributed by atoms with Crippen molar-refractivity contribution in [3.63, 3.8) is 0 Å². The molecule has 1 heterocycles. The molecule has 0 spiro atoms. The molecule has 2 aromatic carbocycles. The second-order valence-electron chi connectivity index (χ2n) is 6.80. The van der Waals surface area contributed by atoms with Crippen LogP contribution >= 0.6 is 0 Å². The molecule has 3 rings (SSSR count). The quantitative estimate of drug-likeness (QED) is 0.916. The highest BCUT2D eigenvalue weighted by Gasteiger charge is 2.23. The van der Waals surface area contributed by atoms with Gasteiger partial charge in [-0.1, -0.05) is 32.0 Å². The number of hydrogen-bond donors (Lipinski definition) is 1. The Morgan fingerprint density at radius 1 is 1.12 bits per heavy atom. The van der Waals surface area contributed by atoms with Crippen LogP contribution in [0.15, 0.2) is 42.5 Å². The molecule has 1 N–H and O–H groups in total. The first kappa shape index (κ1) is 18.0. The zero-order valence-corrected chi connectivity index (χ0v) is 15.4. The minimum atomic E-state index is -0.215. The predicted octanol–water partition coefficient (Wildman–Crippen LogP) is 3.49. The van der Waals surface area contributed by atoms with Crippen molar-refractivity contribution in [3.05, 3.63) is 59.2 Å². The fourth-order valence-electron chi connectivity index (χ4n) is 3.22. The van der Waals surface area contributed by atoms with E-state index in [2.05, 4.69) is 5.32 Å². The van der Waals surface area contributed by atoms with Crippen molar-refractivity contribution in [1.29, 1.82) is 0 Å². The number of methoxy groups -OCH3 is 1. The number of hydrogen-bond acceptors (Lipinski definition) is 3. The van der Waals surface area contributed by atoms with Crippen LogP contribution in [0.2, 0.25) is 0 Å². The molecule has 2 amide bonds. The Morgan fingerprint density at radius 3 is 2.62 bits per heavy atom. The molecule has 0 radical (unpaired) electrons. The van der Waals surface area contributed by atoms with Gasteiger partial charge in [0.2, 0.25) is 5.91 Å². The summed E-state index contributed by atoms with van der Waals surface area (Å²) in [5, 5.41) is 2.93. The molecule has 0 aliphatic carbocycles. The lowest BCUT2D eigenvalue weighted by atomic mass is 9.98. The second-order valence-corrected chi connectivity index (χ2v) is 6.80. The summed E-state index contributed by atoms with van der Waals surface area (Å²) in [5.74, 6) is 0.481. The van der Waals surface area contributed by atoms with Crippen LogP contribution in [0, 0.1) is 5.92 Å². The molecule has 0 fully saturated rings. The first-order valence-electron chi connectivity index (χ1n) is 8.84. The smallest absolute Gasteiger partial charge is 0.259 e. The molecular weight excluding hydrogens is 328 g/mol. The van der Waals surface area contributed by atoms with Crippen molar-refractivity contribution in [2.45, 2.75) is 26.8 Å². The van der Waals surface area contributed by atoms with E-state index in [0.29, 0.717) is 17.9 Å². The molecule has 5 nitrogen and oxygen atoms in total. The monoisotopic (exact) mass is 352 g/mol. The van der Waals surface area contributed by atoms with Gasteiger partial charge in [0.05, 0.1) is 12.7 Å². The first-order valence-corrected chi connectivity index (χ1v) is 8.84. The Bertz CT molecular complexity index is 830. The van der Waals surface area contributed by atoms with Crippen molar-refractivity contribution in [2.24, 2.45) is 5.92 Å². The maximum Gasteiger partial charge on any atom is 0.259 e. The van der Waals surface area contributed by atoms with Gasteiger partial charge in [0.25, 0.3) is 5.91 Å². The lowest BCUT2D eigenvalue weighted by Gasteiger charge is -2.30. The Hall–Kier alpha value is -2.82. The lowest BCUT2D eigenvalue weighted by molar-refractivity contribution is -0.135. The molecule has 0 atom stereocenters. The number of fused-ring (bicyclic) bond motifs is 1. The third-order valence-electron chi connectivity index (χ3n) is 4.63. The molecule has 0 bridgehead atoms. The van der Waals surface area contributed by atoms with E-state index >= 15 is 0 Å². The molecule has 1 aliphatic rings. The number of nitrogens with one attached hydrogen (secondary N) is 1. The molecule has 1 aliphatic heterocycles. The normalized spacial score (nSPS) is 13.3. The summed E-state index contributed by atoms with van der Waals surface area (Å²) in [6.07, 6.45) is 0.842. The zero-order valence-electron chi connectivity index (χ0n) is 15.4. The van der Waals surface area contributed by atoms with Gasteiger partial charge in [-0.2, -0.15) is 0 Å². The van der Waals surface area contributed by atoms with Crippen LogP contribution in [0.5, 0.6) is 5.75 Å². The predicted molar refractivity (Wildman–Crippen MR) is 101 cm³/mol. The maximum atomic E-state index is 12.6. The lowest BCUT2D eigenvalue weighted by Crippen LogP contribution is -2.38. The van der Waals surface area contributed by atoms with Crippen LogP contribution in [-0.2, 0) is 17.8 Å². The van der Waals surface area contributed by atoms with Crippen molar-refractivity contribution >= 4 is 17.5 Å². The molecule has 0 aromatic heterocycles. The van der Waals surface area contributed by atoms with E-state index in [1.165, 1.54) is 5.56 Å². The van der Waals surface area contributed by atoms with Crippen LogP contribution in [-0.4, -0.2) is 30.4 Å². The number of amides is 2. The van der Waals surface area contributed by atoms with Gasteiger partial charge < -0.3 is 15.0 Å². The standard InChI is InChI=1S/C21H24N2O3/c1-14(2)21(25)23-11-10-15-8-9-17(12-16(15)13-23)22-20(24)18-6-4-5-7-19(18)26-3/h4-9,12,14H,10-11,13H2,1-3H3,(H,22,24). The molecule has 2 aromatic rings. The number of para-hydroxylation sites is 1. The fraction of sp³-hybridized carbons (Fsp3) is 0.333. The summed E-state index contributed by atoms with van der Waals surface area (Å²) in [7, 11) is 1.55. The van der Waals surface area contributed by atoms with Gasteiger partial charge in [-0.15, -0.1) is 0 Å². The van der Waals surface area contributed by atoms with Crippen molar-refractivity contribution in [2.75, 3.05) is 19.0 Å². The van der Waals surface area contributed by atoms with Crippen molar-refractivity contribution < 1.29 is 14.3 Å². The molecule has 136 valence electrons. The number of nitrogens with zero attached hydrogens (tertiary/aromatic N) is 1. The molecule has 0 unspecified atom stereocenters. The van der Waals surface area contributed by atoms with E-state index in [1.54, 1.807) is 25.3 Å². The van der Waals surface area contributed by atoms with Gasteiger partial charge in [0.15, 0.2) is 0 Å². The van der Waals surface area contributed by atoms with Crippen molar-refractivity contribution in [3.8, 4) is 5.75 Å². The van der Waals surface area contributed by atoms with Crippen LogP contribution in [0.1, 0.15) is 35.3 Å². The van der Waals surface area contributed by atoms with Gasteiger partial charge in [-0.25, -0.2) is 0 Å². The Kier molecular flexibility index (Phi) is 5.26. The van der Waals surface area contributed by atoms with E-state index in [4.69, 9.17) is 4.74 Å². The number of carbonyl (C=O) groups is 2. The Labute approximate surface area is 154 Å². The van der Waals surface area contributed by atoms with Gasteiger partial charge in [-0.3, -0.25) is 9.59 Å².